The van der Waals surface area contributed by atoms with Gasteiger partial charge in [0.1, 0.15) is 16.8 Å². The van der Waals surface area contributed by atoms with Crippen LogP contribution in [0.25, 0.3) is 10.9 Å². The third-order valence-electron chi connectivity index (χ3n) is 5.46. The van der Waals surface area contributed by atoms with Crippen molar-refractivity contribution < 1.29 is 9.53 Å². The zero-order valence-corrected chi connectivity index (χ0v) is 18.5. The highest BCUT2D eigenvalue weighted by atomic mass is 32.2. The minimum Gasteiger partial charge on any atom is -0.497 e. The van der Waals surface area contributed by atoms with Crippen LogP contribution in [0.2, 0.25) is 0 Å². The highest BCUT2D eigenvalue weighted by Crippen LogP contribution is 2.26. The Morgan fingerprint density at radius 2 is 1.87 bits per heavy atom. The van der Waals surface area contributed by atoms with Crippen molar-refractivity contribution in [2.75, 3.05) is 43.9 Å². The number of carbonyl (C=O) groups is 1. The van der Waals surface area contributed by atoms with Crippen molar-refractivity contribution in [1.82, 2.24) is 9.88 Å². The zero-order valence-electron chi connectivity index (χ0n) is 17.7. The predicted molar refractivity (Wildman–Crippen MR) is 124 cm³/mol. The van der Waals surface area contributed by atoms with E-state index in [0.717, 1.165) is 41.0 Å². The molecule has 2 aromatic carbocycles. The van der Waals surface area contributed by atoms with Gasteiger partial charge in [-0.05, 0) is 48.9 Å². The number of aryl methyl sites for hydroxylation is 1. The number of amides is 1. The second-order valence-corrected chi connectivity index (χ2v) is 8.47. The van der Waals surface area contributed by atoms with E-state index in [9.17, 15) is 10.1 Å². The Bertz CT molecular complexity index is 1130. The van der Waals surface area contributed by atoms with E-state index in [0.29, 0.717) is 23.7 Å². The van der Waals surface area contributed by atoms with Crippen LogP contribution in [-0.4, -0.2) is 54.8 Å². The van der Waals surface area contributed by atoms with Gasteiger partial charge in [0.05, 0.1) is 23.9 Å². The van der Waals surface area contributed by atoms with Gasteiger partial charge in [0.25, 0.3) is 0 Å². The van der Waals surface area contributed by atoms with Crippen LogP contribution < -0.4 is 9.64 Å². The first-order valence-electron chi connectivity index (χ1n) is 10.2. The number of carbonyl (C=O) groups excluding carboxylic acids is 1. The third kappa shape index (κ3) is 4.75. The summed E-state index contributed by atoms with van der Waals surface area (Å²) < 4.78 is 5.22. The second-order valence-electron chi connectivity index (χ2n) is 7.50. The number of rotatable bonds is 5. The molecule has 0 aliphatic carbocycles. The van der Waals surface area contributed by atoms with E-state index >= 15 is 0 Å². The second kappa shape index (κ2) is 9.27. The monoisotopic (exact) mass is 432 g/mol. The Hall–Kier alpha value is -3.24. The van der Waals surface area contributed by atoms with Crippen LogP contribution in [0.3, 0.4) is 0 Å². The molecule has 0 atom stereocenters. The Labute approximate surface area is 186 Å². The smallest absolute Gasteiger partial charge is 0.233 e. The van der Waals surface area contributed by atoms with Gasteiger partial charge < -0.3 is 14.5 Å². The van der Waals surface area contributed by atoms with Crippen LogP contribution in [0.5, 0.6) is 5.75 Å². The average Bonchev–Trinajstić information content (AvgIpc) is 2.82. The molecule has 0 spiro atoms. The lowest BCUT2D eigenvalue weighted by atomic mass is 10.1. The van der Waals surface area contributed by atoms with Crippen LogP contribution in [0.4, 0.5) is 5.69 Å². The number of nitriles is 1. The zero-order chi connectivity index (χ0) is 21.8. The number of nitrogens with zero attached hydrogens (tertiary/aromatic N) is 4. The summed E-state index contributed by atoms with van der Waals surface area (Å²) in [6.07, 6.45) is 0. The summed E-state index contributed by atoms with van der Waals surface area (Å²) in [5.74, 6) is 1.19. The van der Waals surface area contributed by atoms with Gasteiger partial charge in [0.2, 0.25) is 5.91 Å². The lowest BCUT2D eigenvalue weighted by Gasteiger charge is -2.36. The van der Waals surface area contributed by atoms with Crippen LogP contribution in [-0.2, 0) is 4.79 Å². The Kier molecular flexibility index (Phi) is 6.28. The largest absolute Gasteiger partial charge is 0.497 e. The fourth-order valence-corrected chi connectivity index (χ4v) is 4.54. The van der Waals surface area contributed by atoms with E-state index in [4.69, 9.17) is 4.74 Å². The standard InChI is InChI=1S/C24H24N4O2S/c1-17-3-4-18-14-19(15-25)24(26-22(18)13-17)31-16-23(29)28-11-9-27(10-12-28)20-5-7-21(30-2)8-6-20/h3-8,13-14H,9-12,16H2,1-2H3. The molecule has 7 heteroatoms. The van der Waals surface area contributed by atoms with Crippen LogP contribution in [0, 0.1) is 18.3 Å². The Morgan fingerprint density at radius 3 is 2.55 bits per heavy atom. The van der Waals surface area contributed by atoms with Crippen molar-refractivity contribution in [2.45, 2.75) is 11.9 Å². The van der Waals surface area contributed by atoms with Gasteiger partial charge in [-0.2, -0.15) is 5.26 Å². The number of hydrogen-bond donors (Lipinski definition) is 0. The molecular weight excluding hydrogens is 408 g/mol. The minimum atomic E-state index is 0.0782. The number of aromatic nitrogens is 1. The molecule has 0 radical (unpaired) electrons. The molecule has 4 rings (SSSR count). The van der Waals surface area contributed by atoms with Gasteiger partial charge in [0, 0.05) is 37.3 Å². The fraction of sp³-hybridized carbons (Fsp3) is 0.292. The molecule has 1 saturated heterocycles. The number of benzene rings is 2. The first kappa shape index (κ1) is 21.0. The van der Waals surface area contributed by atoms with E-state index in [1.807, 2.05) is 60.4 Å². The number of ether oxygens (including phenoxy) is 1. The normalized spacial score (nSPS) is 13.8. The van der Waals surface area contributed by atoms with Crippen molar-refractivity contribution in [3.63, 3.8) is 0 Å². The van der Waals surface area contributed by atoms with Crippen molar-refractivity contribution in [3.05, 3.63) is 59.7 Å². The summed E-state index contributed by atoms with van der Waals surface area (Å²) >= 11 is 1.34. The molecule has 31 heavy (non-hydrogen) atoms. The summed E-state index contributed by atoms with van der Waals surface area (Å²) in [6, 6.07) is 18.0. The third-order valence-corrected chi connectivity index (χ3v) is 6.44. The first-order valence-corrected chi connectivity index (χ1v) is 11.2. The summed E-state index contributed by atoms with van der Waals surface area (Å²) in [5, 5.41) is 11.1. The summed E-state index contributed by atoms with van der Waals surface area (Å²) in [5.41, 5.74) is 3.61. The number of thioether (sulfide) groups is 1. The molecule has 6 nitrogen and oxygen atoms in total. The maximum atomic E-state index is 12.8. The summed E-state index contributed by atoms with van der Waals surface area (Å²) in [7, 11) is 1.66. The van der Waals surface area contributed by atoms with Crippen LogP contribution in [0.1, 0.15) is 11.1 Å². The fourth-order valence-electron chi connectivity index (χ4n) is 3.68. The van der Waals surface area contributed by atoms with Crippen molar-refractivity contribution in [2.24, 2.45) is 0 Å². The number of hydrogen-bond acceptors (Lipinski definition) is 6. The van der Waals surface area contributed by atoms with Gasteiger partial charge in [-0.3, -0.25) is 4.79 Å². The van der Waals surface area contributed by atoms with Gasteiger partial charge in [-0.15, -0.1) is 0 Å². The number of piperazine rings is 1. The van der Waals surface area contributed by atoms with E-state index < -0.39 is 0 Å². The molecule has 158 valence electrons. The molecule has 1 aliphatic rings. The molecule has 0 unspecified atom stereocenters. The topological polar surface area (TPSA) is 69.5 Å². The molecule has 1 fully saturated rings. The molecule has 0 saturated carbocycles. The van der Waals surface area contributed by atoms with Crippen molar-refractivity contribution in [1.29, 1.82) is 5.26 Å². The summed E-state index contributed by atoms with van der Waals surface area (Å²) in [4.78, 5) is 21.6. The Balaban J connectivity index is 1.36. The van der Waals surface area contributed by atoms with Gasteiger partial charge in [-0.1, -0.05) is 23.9 Å². The summed E-state index contributed by atoms with van der Waals surface area (Å²) in [6.45, 7) is 4.96. The van der Waals surface area contributed by atoms with Crippen molar-refractivity contribution >= 4 is 34.3 Å². The number of anilines is 1. The maximum absolute atomic E-state index is 12.8. The van der Waals surface area contributed by atoms with Crippen molar-refractivity contribution in [3.8, 4) is 11.8 Å². The highest BCUT2D eigenvalue weighted by molar-refractivity contribution is 8.00. The molecule has 1 aliphatic heterocycles. The van der Waals surface area contributed by atoms with Crippen LogP contribution in [0.15, 0.2) is 53.6 Å². The molecule has 1 amide bonds. The molecule has 0 bridgehead atoms. The van der Waals surface area contributed by atoms with E-state index in [2.05, 4.69) is 16.0 Å². The first-order chi connectivity index (χ1) is 15.1. The minimum absolute atomic E-state index is 0.0782. The number of methoxy groups -OCH3 is 1. The van der Waals surface area contributed by atoms with Crippen LogP contribution >= 0.6 is 11.8 Å². The Morgan fingerprint density at radius 1 is 1.13 bits per heavy atom. The van der Waals surface area contributed by atoms with Gasteiger partial charge in [-0.25, -0.2) is 4.98 Å². The lowest BCUT2D eigenvalue weighted by Crippen LogP contribution is -2.49. The molecule has 1 aromatic heterocycles. The van der Waals surface area contributed by atoms with Gasteiger partial charge >= 0.3 is 0 Å². The number of fused-ring (bicyclic) bond motifs is 1. The molecular formula is C24H24N4O2S. The molecule has 2 heterocycles. The average molecular weight is 433 g/mol. The van der Waals surface area contributed by atoms with E-state index in [1.54, 1.807) is 7.11 Å². The lowest BCUT2D eigenvalue weighted by molar-refractivity contribution is -0.128. The quantitative estimate of drug-likeness (QED) is 0.570. The van der Waals surface area contributed by atoms with Gasteiger partial charge in [0.15, 0.2) is 0 Å². The number of pyridine rings is 1. The van der Waals surface area contributed by atoms with E-state index in [-0.39, 0.29) is 11.7 Å². The molecule has 0 N–H and O–H groups in total. The highest BCUT2D eigenvalue weighted by Gasteiger charge is 2.22. The maximum Gasteiger partial charge on any atom is 0.233 e. The predicted octanol–water partition coefficient (Wildman–Crippen LogP) is 3.86. The molecule has 3 aromatic rings. The van der Waals surface area contributed by atoms with E-state index in [1.165, 1.54) is 11.8 Å². The SMILES string of the molecule is COc1ccc(N2CCN(C(=O)CSc3nc4cc(C)ccc4cc3C#N)CC2)cc1.